The Labute approximate surface area is 105 Å². The van der Waals surface area contributed by atoms with E-state index in [1.165, 1.54) is 25.5 Å². The lowest BCUT2D eigenvalue weighted by atomic mass is 9.97. The maximum atomic E-state index is 11.7. The Balaban J connectivity index is 1.81. The van der Waals surface area contributed by atoms with Crippen molar-refractivity contribution in [3.05, 3.63) is 28.0 Å². The molecule has 0 saturated heterocycles. The number of allylic oxidation sites excluding steroid dienone is 1. The first-order chi connectivity index (χ1) is 8.66. The van der Waals surface area contributed by atoms with Crippen LogP contribution < -0.4 is 11.0 Å². The van der Waals surface area contributed by atoms with Crippen molar-refractivity contribution in [1.82, 2.24) is 20.1 Å². The van der Waals surface area contributed by atoms with Crippen LogP contribution in [0.15, 0.2) is 16.4 Å². The van der Waals surface area contributed by atoms with Gasteiger partial charge in [0, 0.05) is 13.6 Å². The Morgan fingerprint density at radius 1 is 1.56 bits per heavy atom. The number of aromatic nitrogens is 3. The molecule has 1 aliphatic carbocycles. The van der Waals surface area contributed by atoms with Gasteiger partial charge in [-0.2, -0.15) is 0 Å². The summed E-state index contributed by atoms with van der Waals surface area (Å²) in [5.41, 5.74) is 1.03. The molecule has 1 heterocycles. The van der Waals surface area contributed by atoms with Crippen LogP contribution in [0.1, 0.15) is 42.7 Å². The Morgan fingerprint density at radius 3 is 3.00 bits per heavy atom. The molecule has 0 aliphatic heterocycles. The molecule has 0 saturated carbocycles. The molecule has 0 fully saturated rings. The first-order valence-electron chi connectivity index (χ1n) is 6.26. The summed E-state index contributed by atoms with van der Waals surface area (Å²) in [5.74, 6) is -0.260. The van der Waals surface area contributed by atoms with Crippen molar-refractivity contribution < 1.29 is 4.79 Å². The third-order valence-electron chi connectivity index (χ3n) is 3.10. The molecule has 0 spiro atoms. The second-order valence-electron chi connectivity index (χ2n) is 4.52. The summed E-state index contributed by atoms with van der Waals surface area (Å²) in [7, 11) is 1.50. The normalized spacial score (nSPS) is 15.3. The lowest BCUT2D eigenvalue weighted by Gasteiger charge is -2.12. The smallest absolute Gasteiger partial charge is 0.343 e. The van der Waals surface area contributed by atoms with Crippen molar-refractivity contribution >= 4 is 5.91 Å². The minimum absolute atomic E-state index is 0.0696. The first-order valence-corrected chi connectivity index (χ1v) is 6.26. The van der Waals surface area contributed by atoms with Gasteiger partial charge in [-0.25, -0.2) is 9.48 Å². The van der Waals surface area contributed by atoms with Gasteiger partial charge in [0.1, 0.15) is 0 Å². The van der Waals surface area contributed by atoms with Crippen LogP contribution in [0, 0.1) is 0 Å². The van der Waals surface area contributed by atoms with Crippen LogP contribution in [0.5, 0.6) is 0 Å². The largest absolute Gasteiger partial charge is 0.349 e. The number of rotatable bonds is 4. The Morgan fingerprint density at radius 2 is 2.39 bits per heavy atom. The molecule has 0 bridgehead atoms. The van der Waals surface area contributed by atoms with E-state index in [0.717, 1.165) is 23.9 Å². The van der Waals surface area contributed by atoms with E-state index in [4.69, 9.17) is 0 Å². The molecule has 6 heteroatoms. The van der Waals surface area contributed by atoms with E-state index in [0.29, 0.717) is 6.54 Å². The third-order valence-corrected chi connectivity index (χ3v) is 3.10. The van der Waals surface area contributed by atoms with Crippen molar-refractivity contribution in [2.24, 2.45) is 7.05 Å². The number of hydrogen-bond donors (Lipinski definition) is 2. The van der Waals surface area contributed by atoms with Crippen molar-refractivity contribution in [1.29, 1.82) is 0 Å². The van der Waals surface area contributed by atoms with Gasteiger partial charge in [-0.3, -0.25) is 9.78 Å². The second-order valence-corrected chi connectivity index (χ2v) is 4.52. The van der Waals surface area contributed by atoms with E-state index in [9.17, 15) is 9.59 Å². The van der Waals surface area contributed by atoms with Gasteiger partial charge in [0.25, 0.3) is 5.91 Å². The maximum Gasteiger partial charge on any atom is 0.343 e. The average molecular weight is 250 g/mol. The Bertz CT molecular complexity index is 512. The summed E-state index contributed by atoms with van der Waals surface area (Å²) < 4.78 is 1.11. The van der Waals surface area contributed by atoms with Crippen LogP contribution in [-0.4, -0.2) is 27.2 Å². The molecule has 0 aromatic carbocycles. The number of carbonyl (C=O) groups excluding carboxylic acids is 1. The van der Waals surface area contributed by atoms with E-state index in [-0.39, 0.29) is 17.4 Å². The molecular weight excluding hydrogens is 232 g/mol. The van der Waals surface area contributed by atoms with Gasteiger partial charge in [-0.1, -0.05) is 11.6 Å². The zero-order valence-corrected chi connectivity index (χ0v) is 10.5. The van der Waals surface area contributed by atoms with Gasteiger partial charge >= 0.3 is 5.69 Å². The van der Waals surface area contributed by atoms with Crippen LogP contribution >= 0.6 is 0 Å². The maximum absolute atomic E-state index is 11.7. The average Bonchev–Trinajstić information content (AvgIpc) is 2.71. The highest BCUT2D eigenvalue weighted by molar-refractivity contribution is 5.90. The van der Waals surface area contributed by atoms with Crippen molar-refractivity contribution in [3.8, 4) is 0 Å². The van der Waals surface area contributed by atoms with Crippen molar-refractivity contribution in [2.45, 2.75) is 32.1 Å². The third kappa shape index (κ3) is 3.09. The number of nitrogens with zero attached hydrogens (tertiary/aromatic N) is 2. The number of H-pyrrole nitrogens is 1. The van der Waals surface area contributed by atoms with Gasteiger partial charge in [-0.05, 0) is 32.1 Å². The van der Waals surface area contributed by atoms with Gasteiger partial charge < -0.3 is 5.32 Å². The molecule has 1 aliphatic rings. The number of hydrogen-bond acceptors (Lipinski definition) is 3. The minimum atomic E-state index is -0.380. The van der Waals surface area contributed by atoms with Gasteiger partial charge in [0.05, 0.1) is 0 Å². The minimum Gasteiger partial charge on any atom is -0.349 e. The molecule has 2 N–H and O–H groups in total. The standard InChI is InChI=1S/C12H18N4O2/c1-16-12(18)14-10(15-16)11(17)13-8-7-9-5-3-2-4-6-9/h5H,2-4,6-8H2,1H3,(H,13,17)(H,14,15,18). The zero-order valence-electron chi connectivity index (χ0n) is 10.5. The highest BCUT2D eigenvalue weighted by atomic mass is 16.2. The summed E-state index contributed by atoms with van der Waals surface area (Å²) in [4.78, 5) is 25.2. The van der Waals surface area contributed by atoms with Crippen LogP contribution in [0.25, 0.3) is 0 Å². The number of aromatic amines is 1. The lowest BCUT2D eigenvalue weighted by Crippen LogP contribution is -2.26. The molecule has 18 heavy (non-hydrogen) atoms. The van der Waals surface area contributed by atoms with E-state index in [1.54, 1.807) is 0 Å². The summed E-state index contributed by atoms with van der Waals surface area (Å²) in [6, 6.07) is 0. The molecule has 1 aromatic heterocycles. The fourth-order valence-corrected chi connectivity index (χ4v) is 2.06. The van der Waals surface area contributed by atoms with Gasteiger partial charge in [0.15, 0.2) is 0 Å². The van der Waals surface area contributed by atoms with Crippen LogP contribution in [-0.2, 0) is 7.05 Å². The second kappa shape index (κ2) is 5.66. The number of nitrogens with one attached hydrogen (secondary N) is 2. The molecular formula is C12H18N4O2. The molecule has 1 aromatic rings. The SMILES string of the molecule is Cn1nc(C(=O)NCCC2=CCCCC2)[nH]c1=O. The Hall–Kier alpha value is -1.85. The molecule has 6 nitrogen and oxygen atoms in total. The van der Waals surface area contributed by atoms with E-state index >= 15 is 0 Å². The fourth-order valence-electron chi connectivity index (χ4n) is 2.06. The monoisotopic (exact) mass is 250 g/mol. The summed E-state index contributed by atoms with van der Waals surface area (Å²) >= 11 is 0. The predicted octanol–water partition coefficient (Wildman–Crippen LogP) is 0.729. The van der Waals surface area contributed by atoms with Crippen LogP contribution in [0.3, 0.4) is 0 Å². The molecule has 2 rings (SSSR count). The summed E-state index contributed by atoms with van der Waals surface area (Å²) in [6.45, 7) is 0.587. The zero-order chi connectivity index (χ0) is 13.0. The van der Waals surface area contributed by atoms with E-state index in [1.807, 2.05) is 0 Å². The van der Waals surface area contributed by atoms with E-state index in [2.05, 4.69) is 21.5 Å². The van der Waals surface area contributed by atoms with E-state index < -0.39 is 0 Å². The highest BCUT2D eigenvalue weighted by Crippen LogP contribution is 2.19. The van der Waals surface area contributed by atoms with Crippen molar-refractivity contribution in [2.75, 3.05) is 6.54 Å². The topological polar surface area (TPSA) is 79.8 Å². The van der Waals surface area contributed by atoms with Gasteiger partial charge in [0.2, 0.25) is 5.82 Å². The van der Waals surface area contributed by atoms with Crippen LogP contribution in [0.2, 0.25) is 0 Å². The lowest BCUT2D eigenvalue weighted by molar-refractivity contribution is 0.0943. The molecule has 0 unspecified atom stereocenters. The van der Waals surface area contributed by atoms with Crippen LogP contribution in [0.4, 0.5) is 0 Å². The summed E-state index contributed by atoms with van der Waals surface area (Å²) in [5, 5.41) is 6.56. The summed E-state index contributed by atoms with van der Waals surface area (Å²) in [6.07, 6.45) is 7.94. The predicted molar refractivity (Wildman–Crippen MR) is 67.3 cm³/mol. The quantitative estimate of drug-likeness (QED) is 0.773. The van der Waals surface area contributed by atoms with Crippen molar-refractivity contribution in [3.63, 3.8) is 0 Å². The number of aryl methyl sites for hydroxylation is 1. The Kier molecular flexibility index (Phi) is 3.96. The molecule has 0 atom stereocenters. The molecule has 1 amide bonds. The highest BCUT2D eigenvalue weighted by Gasteiger charge is 2.11. The number of amides is 1. The first kappa shape index (κ1) is 12.6. The number of carbonyl (C=O) groups is 1. The molecule has 98 valence electrons. The molecule has 0 radical (unpaired) electrons. The van der Waals surface area contributed by atoms with Gasteiger partial charge in [-0.15, -0.1) is 5.10 Å². The fraction of sp³-hybridized carbons (Fsp3) is 0.583.